The van der Waals surface area contributed by atoms with E-state index in [4.69, 9.17) is 16.3 Å². The number of carbonyl (C=O) groups is 3. The van der Waals surface area contributed by atoms with E-state index in [-0.39, 0.29) is 33.7 Å². The van der Waals surface area contributed by atoms with Gasteiger partial charge in [-0.05, 0) is 37.6 Å². The standard InChI is InChI=1S/C20H20ClFN2O4S/c1-5-28-20(27)16-11(2)17(19(26)24(3)4)29-18(16)23-15(25)10-9-12-13(21)7-6-8-14(12)22/h6-10H,5H2,1-4H3,(H,23,25). The molecule has 2 rings (SSSR count). The van der Waals surface area contributed by atoms with Gasteiger partial charge in [0.1, 0.15) is 10.8 Å². The third-order valence-electron chi connectivity index (χ3n) is 3.86. The van der Waals surface area contributed by atoms with Gasteiger partial charge in [-0.2, -0.15) is 0 Å². The van der Waals surface area contributed by atoms with Crippen LogP contribution in [0.4, 0.5) is 9.39 Å². The molecular formula is C20H20ClFN2O4S. The number of ether oxygens (including phenoxy) is 1. The van der Waals surface area contributed by atoms with Gasteiger partial charge >= 0.3 is 5.97 Å². The fraction of sp³-hybridized carbons (Fsp3) is 0.250. The number of anilines is 1. The number of halogens is 2. The Kier molecular flexibility index (Phi) is 7.53. The predicted molar refractivity (Wildman–Crippen MR) is 112 cm³/mol. The van der Waals surface area contributed by atoms with Crippen LogP contribution in [0, 0.1) is 12.7 Å². The summed E-state index contributed by atoms with van der Waals surface area (Å²) in [4.78, 5) is 38.8. The van der Waals surface area contributed by atoms with Crippen LogP contribution in [-0.2, 0) is 9.53 Å². The molecule has 0 aliphatic heterocycles. The SMILES string of the molecule is CCOC(=O)c1c(NC(=O)C=Cc2c(F)cccc2Cl)sc(C(=O)N(C)C)c1C. The number of nitrogens with one attached hydrogen (secondary N) is 1. The van der Waals surface area contributed by atoms with Crippen LogP contribution >= 0.6 is 22.9 Å². The van der Waals surface area contributed by atoms with Crippen molar-refractivity contribution in [2.45, 2.75) is 13.8 Å². The minimum Gasteiger partial charge on any atom is -0.462 e. The maximum absolute atomic E-state index is 13.8. The van der Waals surface area contributed by atoms with Crippen LogP contribution in [0.5, 0.6) is 0 Å². The minimum atomic E-state index is -0.643. The molecule has 0 saturated carbocycles. The van der Waals surface area contributed by atoms with Crippen molar-refractivity contribution in [1.82, 2.24) is 4.90 Å². The molecule has 1 aromatic heterocycles. The summed E-state index contributed by atoms with van der Waals surface area (Å²) in [6, 6.07) is 4.19. The number of esters is 1. The molecule has 154 valence electrons. The Morgan fingerprint density at radius 1 is 1.31 bits per heavy atom. The third-order valence-corrected chi connectivity index (χ3v) is 5.39. The Balaban J connectivity index is 2.36. The molecule has 0 unspecified atom stereocenters. The van der Waals surface area contributed by atoms with Crippen LogP contribution in [-0.4, -0.2) is 43.4 Å². The van der Waals surface area contributed by atoms with Crippen LogP contribution in [0.1, 0.15) is 38.1 Å². The number of amides is 2. The maximum atomic E-state index is 13.8. The number of thiophene rings is 1. The summed E-state index contributed by atoms with van der Waals surface area (Å²) in [6.07, 6.45) is 2.34. The lowest BCUT2D eigenvalue weighted by molar-refractivity contribution is -0.111. The summed E-state index contributed by atoms with van der Waals surface area (Å²) in [5, 5.41) is 2.91. The molecular weight excluding hydrogens is 419 g/mol. The smallest absolute Gasteiger partial charge is 0.341 e. The summed E-state index contributed by atoms with van der Waals surface area (Å²) in [6.45, 7) is 3.42. The van der Waals surface area contributed by atoms with E-state index in [1.54, 1.807) is 27.9 Å². The Morgan fingerprint density at radius 3 is 2.59 bits per heavy atom. The van der Waals surface area contributed by atoms with Gasteiger partial charge in [-0.25, -0.2) is 9.18 Å². The van der Waals surface area contributed by atoms with E-state index in [0.29, 0.717) is 10.4 Å². The lowest BCUT2D eigenvalue weighted by atomic mass is 10.1. The normalized spacial score (nSPS) is 10.8. The van der Waals surface area contributed by atoms with Crippen molar-refractivity contribution in [2.75, 3.05) is 26.0 Å². The second-order valence-electron chi connectivity index (χ2n) is 6.14. The highest BCUT2D eigenvalue weighted by atomic mass is 35.5. The van der Waals surface area contributed by atoms with Crippen molar-refractivity contribution in [1.29, 1.82) is 0 Å². The molecule has 0 atom stereocenters. The lowest BCUT2D eigenvalue weighted by Gasteiger charge is -2.09. The number of carbonyl (C=O) groups excluding carboxylic acids is 3. The molecule has 0 radical (unpaired) electrons. The summed E-state index contributed by atoms with van der Waals surface area (Å²) < 4.78 is 18.9. The van der Waals surface area contributed by atoms with Crippen molar-refractivity contribution >= 4 is 51.8 Å². The second-order valence-corrected chi connectivity index (χ2v) is 7.57. The highest BCUT2D eigenvalue weighted by Gasteiger charge is 2.27. The molecule has 1 N–H and O–H groups in total. The minimum absolute atomic E-state index is 0.0702. The molecule has 0 saturated heterocycles. The summed E-state index contributed by atoms with van der Waals surface area (Å²) in [7, 11) is 3.18. The zero-order chi connectivity index (χ0) is 21.7. The lowest BCUT2D eigenvalue weighted by Crippen LogP contribution is -2.21. The molecule has 0 spiro atoms. The number of hydrogen-bond acceptors (Lipinski definition) is 5. The molecule has 6 nitrogen and oxygen atoms in total. The van der Waals surface area contributed by atoms with Crippen LogP contribution in [0.2, 0.25) is 5.02 Å². The number of hydrogen-bond donors (Lipinski definition) is 1. The van der Waals surface area contributed by atoms with Crippen LogP contribution in [0.3, 0.4) is 0 Å². The van der Waals surface area contributed by atoms with Crippen LogP contribution in [0.25, 0.3) is 6.08 Å². The maximum Gasteiger partial charge on any atom is 0.341 e. The molecule has 29 heavy (non-hydrogen) atoms. The van der Waals surface area contributed by atoms with E-state index in [1.165, 1.54) is 29.2 Å². The van der Waals surface area contributed by atoms with E-state index in [1.807, 2.05) is 0 Å². The average molecular weight is 439 g/mol. The first-order valence-corrected chi connectivity index (χ1v) is 9.82. The van der Waals surface area contributed by atoms with E-state index >= 15 is 0 Å². The van der Waals surface area contributed by atoms with Gasteiger partial charge in [0.05, 0.1) is 22.1 Å². The largest absolute Gasteiger partial charge is 0.462 e. The number of rotatable bonds is 6. The summed E-state index contributed by atoms with van der Waals surface area (Å²) in [5.41, 5.74) is 0.608. The quantitative estimate of drug-likeness (QED) is 0.536. The monoisotopic (exact) mass is 438 g/mol. The summed E-state index contributed by atoms with van der Waals surface area (Å²) >= 11 is 6.91. The molecule has 0 fully saturated rings. The van der Waals surface area contributed by atoms with Crippen molar-refractivity contribution < 1.29 is 23.5 Å². The van der Waals surface area contributed by atoms with Gasteiger partial charge in [-0.1, -0.05) is 17.7 Å². The van der Waals surface area contributed by atoms with E-state index in [2.05, 4.69) is 5.32 Å². The zero-order valence-corrected chi connectivity index (χ0v) is 17.9. The third kappa shape index (κ3) is 5.21. The first kappa shape index (κ1) is 22.6. The Morgan fingerprint density at radius 2 is 2.00 bits per heavy atom. The molecule has 2 aromatic rings. The highest BCUT2D eigenvalue weighted by Crippen LogP contribution is 2.34. The Bertz CT molecular complexity index is 965. The molecule has 9 heteroatoms. The average Bonchev–Trinajstić information content (AvgIpc) is 2.96. The van der Waals surface area contributed by atoms with Crippen LogP contribution in [0.15, 0.2) is 24.3 Å². The van der Waals surface area contributed by atoms with Crippen molar-refractivity contribution in [3.05, 3.63) is 56.7 Å². The van der Waals surface area contributed by atoms with E-state index in [0.717, 1.165) is 17.4 Å². The topological polar surface area (TPSA) is 75.7 Å². The fourth-order valence-electron chi connectivity index (χ4n) is 2.44. The number of nitrogens with zero attached hydrogens (tertiary/aromatic N) is 1. The van der Waals surface area contributed by atoms with Gasteiger partial charge in [0, 0.05) is 25.7 Å². The molecule has 0 bridgehead atoms. The Hall–Kier alpha value is -2.71. The van der Waals surface area contributed by atoms with E-state index in [9.17, 15) is 18.8 Å². The fourth-order valence-corrected chi connectivity index (χ4v) is 3.89. The van der Waals surface area contributed by atoms with Crippen molar-refractivity contribution in [3.8, 4) is 0 Å². The molecule has 0 aliphatic carbocycles. The van der Waals surface area contributed by atoms with Gasteiger partial charge in [0.15, 0.2) is 0 Å². The van der Waals surface area contributed by atoms with Gasteiger partial charge in [0.2, 0.25) is 5.91 Å². The second kappa shape index (κ2) is 9.67. The molecule has 1 aromatic carbocycles. The molecule has 1 heterocycles. The zero-order valence-electron chi connectivity index (χ0n) is 16.3. The number of benzene rings is 1. The van der Waals surface area contributed by atoms with Gasteiger partial charge in [-0.15, -0.1) is 11.3 Å². The molecule has 2 amide bonds. The van der Waals surface area contributed by atoms with Gasteiger partial charge in [-0.3, -0.25) is 9.59 Å². The molecule has 0 aliphatic rings. The van der Waals surface area contributed by atoms with Gasteiger partial charge in [0.25, 0.3) is 5.91 Å². The highest BCUT2D eigenvalue weighted by molar-refractivity contribution is 7.18. The predicted octanol–water partition coefficient (Wildman–Crippen LogP) is 4.38. The van der Waals surface area contributed by atoms with Gasteiger partial charge < -0.3 is 15.0 Å². The first-order chi connectivity index (χ1) is 13.7. The Labute approximate surface area is 176 Å². The van der Waals surface area contributed by atoms with Crippen molar-refractivity contribution in [2.24, 2.45) is 0 Å². The first-order valence-electron chi connectivity index (χ1n) is 8.62. The van der Waals surface area contributed by atoms with E-state index < -0.39 is 17.7 Å². The van der Waals surface area contributed by atoms with Crippen molar-refractivity contribution in [3.63, 3.8) is 0 Å². The summed E-state index contributed by atoms with van der Waals surface area (Å²) in [5.74, 6) is -2.12. The van der Waals surface area contributed by atoms with Crippen LogP contribution < -0.4 is 5.32 Å².